The highest BCUT2D eigenvalue weighted by Crippen LogP contribution is 2.47. The van der Waals surface area contributed by atoms with Crippen molar-refractivity contribution in [1.82, 2.24) is 0 Å². The lowest BCUT2D eigenvalue weighted by molar-refractivity contribution is 0.255. The molecule has 0 bridgehead atoms. The molecule has 0 heterocycles. The van der Waals surface area contributed by atoms with Gasteiger partial charge in [-0.1, -0.05) is 66.0 Å². The van der Waals surface area contributed by atoms with Crippen LogP contribution in [0.3, 0.4) is 0 Å². The topological polar surface area (TPSA) is 0 Å². The van der Waals surface area contributed by atoms with E-state index in [-0.39, 0.29) is 0 Å². The second kappa shape index (κ2) is 5.32. The van der Waals surface area contributed by atoms with E-state index in [1.165, 1.54) is 24.8 Å². The van der Waals surface area contributed by atoms with E-state index in [2.05, 4.69) is 41.9 Å². The minimum absolute atomic E-state index is 0.468. The second-order valence-electron chi connectivity index (χ2n) is 5.80. The van der Waals surface area contributed by atoms with E-state index < -0.39 is 0 Å². The van der Waals surface area contributed by atoms with Gasteiger partial charge in [0.05, 0.1) is 0 Å². The molecule has 0 aromatic heterocycles. The number of halogens is 2. The fourth-order valence-corrected chi connectivity index (χ4v) is 4.58. The molecule has 0 radical (unpaired) electrons. The molecule has 0 amide bonds. The molecule has 0 N–H and O–H groups in total. The summed E-state index contributed by atoms with van der Waals surface area (Å²) in [6.07, 6.45) is 5.09. The average molecular weight is 316 g/mol. The van der Waals surface area contributed by atoms with Crippen molar-refractivity contribution in [3.63, 3.8) is 0 Å². The van der Waals surface area contributed by atoms with Crippen molar-refractivity contribution >= 4 is 27.5 Å². The Kier molecular flexibility index (Phi) is 4.20. The maximum atomic E-state index is 6.23. The van der Waals surface area contributed by atoms with Crippen LogP contribution in [0.4, 0.5) is 0 Å². The molecule has 0 spiro atoms. The standard InChI is InChI=1S/C15H20BrCl/c1-15(2)9-5-7-12(15)13(16)10-11-6-3-4-8-14(11)17/h3-4,6,8,12-13H,5,7,9-10H2,1-2H3. The van der Waals surface area contributed by atoms with Crippen LogP contribution in [0.2, 0.25) is 5.02 Å². The first-order chi connectivity index (χ1) is 8.00. The summed E-state index contributed by atoms with van der Waals surface area (Å²) in [5.74, 6) is 0.763. The van der Waals surface area contributed by atoms with E-state index in [1.54, 1.807) is 0 Å². The van der Waals surface area contributed by atoms with Gasteiger partial charge in [-0.05, 0) is 42.2 Å². The normalized spacial score (nSPS) is 24.8. The van der Waals surface area contributed by atoms with E-state index in [4.69, 9.17) is 11.6 Å². The molecule has 2 atom stereocenters. The summed E-state index contributed by atoms with van der Waals surface area (Å²) in [5, 5.41) is 0.896. The summed E-state index contributed by atoms with van der Waals surface area (Å²) >= 11 is 10.1. The summed E-state index contributed by atoms with van der Waals surface area (Å²) in [6.45, 7) is 4.79. The largest absolute Gasteiger partial charge is 0.0884 e. The van der Waals surface area contributed by atoms with Crippen molar-refractivity contribution < 1.29 is 0 Å². The molecule has 0 nitrogen and oxygen atoms in total. The van der Waals surface area contributed by atoms with Crippen molar-refractivity contribution in [2.45, 2.75) is 44.4 Å². The molecular weight excluding hydrogens is 296 g/mol. The molecule has 0 saturated heterocycles. The molecule has 1 aliphatic carbocycles. The fourth-order valence-electron chi connectivity index (χ4n) is 3.04. The summed E-state index contributed by atoms with van der Waals surface area (Å²) < 4.78 is 0. The molecular formula is C15H20BrCl. The van der Waals surface area contributed by atoms with Crippen LogP contribution in [0, 0.1) is 11.3 Å². The van der Waals surface area contributed by atoms with Crippen molar-refractivity contribution in [2.24, 2.45) is 11.3 Å². The Morgan fingerprint density at radius 1 is 1.41 bits per heavy atom. The van der Waals surface area contributed by atoms with Gasteiger partial charge in [-0.2, -0.15) is 0 Å². The first-order valence-corrected chi connectivity index (χ1v) is 7.67. The van der Waals surface area contributed by atoms with Gasteiger partial charge in [-0.3, -0.25) is 0 Å². The maximum Gasteiger partial charge on any atom is 0.0438 e. The molecule has 94 valence electrons. The Balaban J connectivity index is 2.07. The minimum atomic E-state index is 0.468. The molecule has 0 aliphatic heterocycles. The predicted octanol–water partition coefficient (Wildman–Crippen LogP) is 5.47. The molecule has 2 unspecified atom stereocenters. The van der Waals surface area contributed by atoms with Crippen LogP contribution in [0.1, 0.15) is 38.7 Å². The highest BCUT2D eigenvalue weighted by Gasteiger charge is 2.38. The highest BCUT2D eigenvalue weighted by atomic mass is 79.9. The van der Waals surface area contributed by atoms with Crippen molar-refractivity contribution in [2.75, 3.05) is 0 Å². The van der Waals surface area contributed by atoms with E-state index >= 15 is 0 Å². The number of rotatable bonds is 3. The van der Waals surface area contributed by atoms with Gasteiger partial charge < -0.3 is 0 Å². The van der Waals surface area contributed by atoms with Crippen molar-refractivity contribution in [1.29, 1.82) is 0 Å². The van der Waals surface area contributed by atoms with Crippen LogP contribution in [-0.4, -0.2) is 4.83 Å². The molecule has 1 aliphatic rings. The fraction of sp³-hybridized carbons (Fsp3) is 0.600. The maximum absolute atomic E-state index is 6.23. The second-order valence-corrected chi connectivity index (χ2v) is 7.38. The van der Waals surface area contributed by atoms with Crippen LogP contribution in [-0.2, 0) is 6.42 Å². The van der Waals surface area contributed by atoms with Crippen molar-refractivity contribution in [3.8, 4) is 0 Å². The Labute approximate surface area is 118 Å². The van der Waals surface area contributed by atoms with E-state index in [9.17, 15) is 0 Å². The van der Waals surface area contributed by atoms with Crippen LogP contribution in [0.5, 0.6) is 0 Å². The third-order valence-corrected chi connectivity index (χ3v) is 5.48. The number of hydrogen-bond acceptors (Lipinski definition) is 0. The van der Waals surface area contributed by atoms with Gasteiger partial charge in [0, 0.05) is 9.85 Å². The van der Waals surface area contributed by atoms with Crippen LogP contribution in [0.25, 0.3) is 0 Å². The first-order valence-electron chi connectivity index (χ1n) is 6.38. The first kappa shape index (κ1) is 13.4. The quantitative estimate of drug-likeness (QED) is 0.649. The zero-order valence-electron chi connectivity index (χ0n) is 10.5. The molecule has 1 aromatic carbocycles. The van der Waals surface area contributed by atoms with E-state index in [1.807, 2.05) is 12.1 Å². The van der Waals surface area contributed by atoms with Crippen LogP contribution >= 0.6 is 27.5 Å². The van der Waals surface area contributed by atoms with Gasteiger partial charge in [-0.25, -0.2) is 0 Å². The third kappa shape index (κ3) is 3.06. The molecule has 1 fully saturated rings. The van der Waals surface area contributed by atoms with E-state index in [0.717, 1.165) is 17.4 Å². The third-order valence-electron chi connectivity index (χ3n) is 4.15. The Morgan fingerprint density at radius 2 is 2.12 bits per heavy atom. The number of hydrogen-bond donors (Lipinski definition) is 0. The number of benzene rings is 1. The number of alkyl halides is 1. The van der Waals surface area contributed by atoms with Gasteiger partial charge in [0.2, 0.25) is 0 Å². The summed E-state index contributed by atoms with van der Waals surface area (Å²) in [7, 11) is 0. The van der Waals surface area contributed by atoms with E-state index in [0.29, 0.717) is 10.2 Å². The molecule has 2 rings (SSSR count). The van der Waals surface area contributed by atoms with Gasteiger partial charge >= 0.3 is 0 Å². The molecule has 2 heteroatoms. The summed E-state index contributed by atoms with van der Waals surface area (Å²) in [5.41, 5.74) is 1.73. The van der Waals surface area contributed by atoms with Crippen LogP contribution < -0.4 is 0 Å². The van der Waals surface area contributed by atoms with Crippen molar-refractivity contribution in [3.05, 3.63) is 34.9 Å². The molecule has 1 saturated carbocycles. The van der Waals surface area contributed by atoms with Gasteiger partial charge in [0.1, 0.15) is 0 Å². The Hall–Kier alpha value is -0.0100. The average Bonchev–Trinajstić information content (AvgIpc) is 2.61. The Bertz CT molecular complexity index is 386. The summed E-state index contributed by atoms with van der Waals surface area (Å²) in [6, 6.07) is 8.18. The molecule has 17 heavy (non-hydrogen) atoms. The monoisotopic (exact) mass is 314 g/mol. The smallest absolute Gasteiger partial charge is 0.0438 e. The SMILES string of the molecule is CC1(C)CCCC1C(Br)Cc1ccccc1Cl. The minimum Gasteiger partial charge on any atom is -0.0884 e. The highest BCUT2D eigenvalue weighted by molar-refractivity contribution is 9.09. The lowest BCUT2D eigenvalue weighted by atomic mass is 9.79. The van der Waals surface area contributed by atoms with Gasteiger partial charge in [0.25, 0.3) is 0 Å². The van der Waals surface area contributed by atoms with Crippen LogP contribution in [0.15, 0.2) is 24.3 Å². The Morgan fingerprint density at radius 3 is 2.71 bits per heavy atom. The zero-order valence-corrected chi connectivity index (χ0v) is 12.9. The predicted molar refractivity (Wildman–Crippen MR) is 79.0 cm³/mol. The zero-order chi connectivity index (χ0) is 12.5. The van der Waals surface area contributed by atoms with Gasteiger partial charge in [-0.15, -0.1) is 0 Å². The van der Waals surface area contributed by atoms with Gasteiger partial charge in [0.15, 0.2) is 0 Å². The lowest BCUT2D eigenvalue weighted by Gasteiger charge is -2.31. The summed E-state index contributed by atoms with van der Waals surface area (Å²) in [4.78, 5) is 0.542. The molecule has 1 aromatic rings. The lowest BCUT2D eigenvalue weighted by Crippen LogP contribution is -2.27.